The normalized spacial score (nSPS) is 12.9. The molecule has 2 aromatic rings. The van der Waals surface area contributed by atoms with Crippen molar-refractivity contribution in [2.75, 3.05) is 0 Å². The van der Waals surface area contributed by atoms with Crippen LogP contribution >= 0.6 is 0 Å². The first-order valence-electron chi connectivity index (χ1n) is 4.62. The first kappa shape index (κ1) is 9.73. The number of aliphatic hydroxyl groups is 1. The highest BCUT2D eigenvalue weighted by molar-refractivity contribution is 5.94. The molecule has 0 radical (unpaired) electrons. The topological polar surface area (TPSA) is 73.3 Å². The largest absolute Gasteiger partial charge is 0.478 e. The van der Waals surface area contributed by atoms with E-state index in [1.807, 2.05) is 0 Å². The van der Waals surface area contributed by atoms with Crippen molar-refractivity contribution in [1.82, 2.24) is 4.98 Å². The van der Waals surface area contributed by atoms with Gasteiger partial charge in [-0.3, -0.25) is 0 Å². The number of aromatic amines is 1. The molecule has 4 nitrogen and oxygen atoms in total. The summed E-state index contributed by atoms with van der Waals surface area (Å²) < 4.78 is 0. The number of carboxylic acids is 1. The van der Waals surface area contributed by atoms with E-state index in [2.05, 4.69) is 4.98 Å². The molecule has 3 N–H and O–H groups in total. The van der Waals surface area contributed by atoms with Crippen LogP contribution in [0.5, 0.6) is 0 Å². The fraction of sp³-hybridized carbons (Fsp3) is 0.182. The molecule has 0 aliphatic carbocycles. The van der Waals surface area contributed by atoms with Gasteiger partial charge < -0.3 is 15.2 Å². The molecule has 4 heteroatoms. The lowest BCUT2D eigenvalue weighted by Crippen LogP contribution is -1.96. The van der Waals surface area contributed by atoms with Crippen molar-refractivity contribution in [3.63, 3.8) is 0 Å². The van der Waals surface area contributed by atoms with Gasteiger partial charge in [0.25, 0.3) is 0 Å². The Morgan fingerprint density at radius 3 is 2.80 bits per heavy atom. The minimum Gasteiger partial charge on any atom is -0.478 e. The number of nitrogens with one attached hydrogen (secondary N) is 1. The van der Waals surface area contributed by atoms with Crippen LogP contribution in [0.15, 0.2) is 24.4 Å². The van der Waals surface area contributed by atoms with Crippen molar-refractivity contribution in [1.29, 1.82) is 0 Å². The lowest BCUT2D eigenvalue weighted by atomic mass is 10.1. The van der Waals surface area contributed by atoms with Crippen LogP contribution in [0.25, 0.3) is 10.9 Å². The third kappa shape index (κ3) is 1.59. The van der Waals surface area contributed by atoms with Crippen LogP contribution in [0.1, 0.15) is 28.9 Å². The van der Waals surface area contributed by atoms with Crippen LogP contribution in [-0.2, 0) is 0 Å². The molecular weight excluding hydrogens is 194 g/mol. The van der Waals surface area contributed by atoms with E-state index in [-0.39, 0.29) is 5.56 Å². The standard InChI is InChI=1S/C11H11NO3/c1-6(13)9-5-12-10-3-2-7(11(14)15)4-8(9)10/h2-6,12-13H,1H3,(H,14,15). The van der Waals surface area contributed by atoms with E-state index in [9.17, 15) is 9.90 Å². The number of carbonyl (C=O) groups is 1. The van der Waals surface area contributed by atoms with Crippen molar-refractivity contribution in [3.8, 4) is 0 Å². The summed E-state index contributed by atoms with van der Waals surface area (Å²) in [5.74, 6) is -0.963. The summed E-state index contributed by atoms with van der Waals surface area (Å²) in [7, 11) is 0. The van der Waals surface area contributed by atoms with Gasteiger partial charge in [0.05, 0.1) is 11.7 Å². The Morgan fingerprint density at radius 1 is 1.47 bits per heavy atom. The maximum atomic E-state index is 10.8. The third-order valence-corrected chi connectivity index (χ3v) is 2.41. The summed E-state index contributed by atoms with van der Waals surface area (Å²) in [4.78, 5) is 13.8. The van der Waals surface area contributed by atoms with E-state index in [1.54, 1.807) is 25.3 Å². The van der Waals surface area contributed by atoms with Crippen LogP contribution in [0.3, 0.4) is 0 Å². The second kappa shape index (κ2) is 3.40. The molecule has 0 saturated heterocycles. The van der Waals surface area contributed by atoms with E-state index in [1.165, 1.54) is 6.07 Å². The van der Waals surface area contributed by atoms with Gasteiger partial charge in [0, 0.05) is 22.7 Å². The molecule has 0 bridgehead atoms. The second-order valence-corrected chi connectivity index (χ2v) is 3.49. The van der Waals surface area contributed by atoms with E-state index in [0.29, 0.717) is 5.56 Å². The zero-order chi connectivity index (χ0) is 11.0. The van der Waals surface area contributed by atoms with Crippen LogP contribution in [-0.4, -0.2) is 21.2 Å². The summed E-state index contributed by atoms with van der Waals surface area (Å²) >= 11 is 0. The Hall–Kier alpha value is -1.81. The number of H-pyrrole nitrogens is 1. The van der Waals surface area contributed by atoms with Crippen LogP contribution in [0.4, 0.5) is 0 Å². The van der Waals surface area contributed by atoms with Gasteiger partial charge in [0.15, 0.2) is 0 Å². The van der Waals surface area contributed by atoms with E-state index in [4.69, 9.17) is 5.11 Å². The summed E-state index contributed by atoms with van der Waals surface area (Å²) in [6, 6.07) is 4.80. The number of carboxylic acid groups (broad SMARTS) is 1. The molecule has 0 aliphatic rings. The molecule has 15 heavy (non-hydrogen) atoms. The molecule has 0 amide bonds. The van der Waals surface area contributed by atoms with Gasteiger partial charge in [0.2, 0.25) is 0 Å². The molecule has 0 fully saturated rings. The van der Waals surface area contributed by atoms with Crippen LogP contribution < -0.4 is 0 Å². The van der Waals surface area contributed by atoms with E-state index >= 15 is 0 Å². The van der Waals surface area contributed by atoms with Gasteiger partial charge >= 0.3 is 5.97 Å². The van der Waals surface area contributed by atoms with E-state index in [0.717, 1.165) is 10.9 Å². The third-order valence-electron chi connectivity index (χ3n) is 2.41. The summed E-state index contributed by atoms with van der Waals surface area (Å²) in [6.07, 6.45) is 1.09. The van der Waals surface area contributed by atoms with Gasteiger partial charge in [0.1, 0.15) is 0 Å². The van der Waals surface area contributed by atoms with Gasteiger partial charge in [-0.1, -0.05) is 0 Å². The number of rotatable bonds is 2. The number of fused-ring (bicyclic) bond motifs is 1. The average molecular weight is 205 g/mol. The molecular formula is C11H11NO3. The van der Waals surface area contributed by atoms with Crippen LogP contribution in [0, 0.1) is 0 Å². The number of hydrogen-bond acceptors (Lipinski definition) is 2. The molecule has 1 aromatic heterocycles. The summed E-state index contributed by atoms with van der Waals surface area (Å²) in [5, 5.41) is 19.1. The number of hydrogen-bond donors (Lipinski definition) is 3. The average Bonchev–Trinajstić information content (AvgIpc) is 2.59. The highest BCUT2D eigenvalue weighted by atomic mass is 16.4. The summed E-state index contributed by atoms with van der Waals surface area (Å²) in [6.45, 7) is 1.65. The zero-order valence-electron chi connectivity index (χ0n) is 8.19. The Balaban J connectivity index is 2.66. The van der Waals surface area contributed by atoms with Crippen LogP contribution in [0.2, 0.25) is 0 Å². The quantitative estimate of drug-likeness (QED) is 0.701. The zero-order valence-corrected chi connectivity index (χ0v) is 8.19. The number of aliphatic hydroxyl groups excluding tert-OH is 1. The molecule has 0 aliphatic heterocycles. The molecule has 0 spiro atoms. The summed E-state index contributed by atoms with van der Waals surface area (Å²) in [5.41, 5.74) is 1.77. The molecule has 1 atom stereocenters. The Morgan fingerprint density at radius 2 is 2.20 bits per heavy atom. The smallest absolute Gasteiger partial charge is 0.335 e. The van der Waals surface area contributed by atoms with Crippen molar-refractivity contribution >= 4 is 16.9 Å². The SMILES string of the molecule is CC(O)c1c[nH]c2ccc(C(=O)O)cc12. The van der Waals surface area contributed by atoms with Gasteiger partial charge in [-0.05, 0) is 25.1 Å². The molecule has 1 heterocycles. The number of benzene rings is 1. The highest BCUT2D eigenvalue weighted by Crippen LogP contribution is 2.24. The van der Waals surface area contributed by atoms with Gasteiger partial charge in [-0.15, -0.1) is 0 Å². The minimum atomic E-state index is -0.963. The maximum Gasteiger partial charge on any atom is 0.335 e. The lowest BCUT2D eigenvalue weighted by molar-refractivity contribution is 0.0697. The minimum absolute atomic E-state index is 0.226. The fourth-order valence-electron chi connectivity index (χ4n) is 1.62. The lowest BCUT2D eigenvalue weighted by Gasteiger charge is -2.02. The van der Waals surface area contributed by atoms with Crippen molar-refractivity contribution in [3.05, 3.63) is 35.5 Å². The second-order valence-electron chi connectivity index (χ2n) is 3.49. The predicted octanol–water partition coefficient (Wildman–Crippen LogP) is 1.92. The Labute approximate surface area is 86.2 Å². The van der Waals surface area contributed by atoms with Gasteiger partial charge in [-0.2, -0.15) is 0 Å². The highest BCUT2D eigenvalue weighted by Gasteiger charge is 2.10. The van der Waals surface area contributed by atoms with E-state index < -0.39 is 12.1 Å². The van der Waals surface area contributed by atoms with Gasteiger partial charge in [-0.25, -0.2) is 4.79 Å². The number of aromatic nitrogens is 1. The Bertz CT molecular complexity index is 514. The predicted molar refractivity (Wildman–Crippen MR) is 55.9 cm³/mol. The maximum absolute atomic E-state index is 10.8. The molecule has 78 valence electrons. The fourth-order valence-corrected chi connectivity index (χ4v) is 1.62. The molecule has 1 unspecified atom stereocenters. The Kier molecular flexibility index (Phi) is 2.21. The first-order chi connectivity index (χ1) is 7.09. The monoisotopic (exact) mass is 205 g/mol. The van der Waals surface area contributed by atoms with Crippen molar-refractivity contribution < 1.29 is 15.0 Å². The first-order valence-corrected chi connectivity index (χ1v) is 4.62. The molecule has 2 rings (SSSR count). The molecule has 1 aromatic carbocycles. The molecule has 0 saturated carbocycles. The number of aromatic carboxylic acids is 1. The van der Waals surface area contributed by atoms with Crippen molar-refractivity contribution in [2.24, 2.45) is 0 Å². The van der Waals surface area contributed by atoms with Crippen molar-refractivity contribution in [2.45, 2.75) is 13.0 Å².